The molecule has 1 aromatic carbocycles. The van der Waals surface area contributed by atoms with E-state index in [2.05, 4.69) is 6.92 Å². The quantitative estimate of drug-likeness (QED) is 0.713. The fraction of sp³-hybridized carbons (Fsp3) is 0.533. The van der Waals surface area contributed by atoms with E-state index in [0.29, 0.717) is 23.9 Å². The van der Waals surface area contributed by atoms with Gasteiger partial charge in [-0.1, -0.05) is 25.1 Å². The molecule has 0 unspecified atom stereocenters. The Kier molecular flexibility index (Phi) is 5.25. The summed E-state index contributed by atoms with van der Waals surface area (Å²) < 4.78 is 13.7. The normalized spacial score (nSPS) is 14.4. The monoisotopic (exact) mass is 281 g/mol. The fourth-order valence-electron chi connectivity index (χ4n) is 2.00. The first-order valence-corrected chi connectivity index (χ1v) is 7.98. The Morgan fingerprint density at radius 2 is 2.16 bits per heavy atom. The lowest BCUT2D eigenvalue weighted by molar-refractivity contribution is -0.129. The largest absolute Gasteiger partial charge is 0.335 e. The molecule has 0 atom stereocenters. The van der Waals surface area contributed by atoms with Crippen molar-refractivity contribution in [1.29, 1.82) is 0 Å². The van der Waals surface area contributed by atoms with Gasteiger partial charge in [-0.2, -0.15) is 11.8 Å². The van der Waals surface area contributed by atoms with Crippen LogP contribution in [0.2, 0.25) is 0 Å². The van der Waals surface area contributed by atoms with Gasteiger partial charge < -0.3 is 4.90 Å². The number of benzene rings is 1. The summed E-state index contributed by atoms with van der Waals surface area (Å²) in [5.74, 6) is 1.44. The number of hydrogen-bond acceptors (Lipinski definition) is 2. The lowest BCUT2D eigenvalue weighted by Gasteiger charge is -2.22. The Balaban J connectivity index is 1.96. The molecule has 0 aliphatic heterocycles. The Hall–Kier alpha value is -1.03. The number of halogens is 1. The lowest BCUT2D eigenvalue weighted by atomic mass is 10.2. The standard InChI is InChI=1S/C15H20FNOS/c1-2-9-19-11-15(18)17(13-7-8-13)10-12-5-3-4-6-14(12)16/h3-6,13H,2,7-11H2,1H3. The van der Waals surface area contributed by atoms with E-state index in [9.17, 15) is 9.18 Å². The Morgan fingerprint density at radius 3 is 2.79 bits per heavy atom. The third-order valence-electron chi connectivity index (χ3n) is 3.18. The summed E-state index contributed by atoms with van der Waals surface area (Å²) in [5.41, 5.74) is 0.614. The van der Waals surface area contributed by atoms with Crippen molar-refractivity contribution in [3.05, 3.63) is 35.6 Å². The zero-order valence-electron chi connectivity index (χ0n) is 11.3. The molecule has 0 heterocycles. The number of carbonyl (C=O) groups excluding carboxylic acids is 1. The highest BCUT2D eigenvalue weighted by molar-refractivity contribution is 7.99. The second-order valence-electron chi connectivity index (χ2n) is 4.90. The molecule has 0 spiro atoms. The predicted molar refractivity (Wildman–Crippen MR) is 77.6 cm³/mol. The summed E-state index contributed by atoms with van der Waals surface area (Å²) in [6.45, 7) is 2.51. The first kappa shape index (κ1) is 14.4. The molecule has 1 aliphatic carbocycles. The minimum Gasteiger partial charge on any atom is -0.335 e. The lowest BCUT2D eigenvalue weighted by Crippen LogP contribution is -2.34. The van der Waals surface area contributed by atoms with Crippen LogP contribution in [0.3, 0.4) is 0 Å². The van der Waals surface area contributed by atoms with E-state index in [-0.39, 0.29) is 11.7 Å². The second-order valence-corrected chi connectivity index (χ2v) is 6.00. The second kappa shape index (κ2) is 6.94. The highest BCUT2D eigenvalue weighted by atomic mass is 32.2. The molecule has 1 saturated carbocycles. The van der Waals surface area contributed by atoms with E-state index in [0.717, 1.165) is 25.0 Å². The molecule has 2 rings (SSSR count). The fourth-order valence-corrected chi connectivity index (χ4v) is 2.78. The molecule has 2 nitrogen and oxygen atoms in total. The van der Waals surface area contributed by atoms with Crippen molar-refractivity contribution in [2.24, 2.45) is 0 Å². The number of hydrogen-bond donors (Lipinski definition) is 0. The van der Waals surface area contributed by atoms with Gasteiger partial charge in [-0.25, -0.2) is 4.39 Å². The zero-order valence-corrected chi connectivity index (χ0v) is 12.1. The number of amides is 1. The summed E-state index contributed by atoms with van der Waals surface area (Å²) in [4.78, 5) is 14.0. The van der Waals surface area contributed by atoms with Gasteiger partial charge in [0.05, 0.1) is 5.75 Å². The summed E-state index contributed by atoms with van der Waals surface area (Å²) >= 11 is 1.66. The van der Waals surface area contributed by atoms with Gasteiger partial charge in [0.1, 0.15) is 5.82 Å². The van der Waals surface area contributed by atoms with Crippen LogP contribution in [0, 0.1) is 5.82 Å². The Bertz CT molecular complexity index is 434. The van der Waals surface area contributed by atoms with Crippen LogP contribution >= 0.6 is 11.8 Å². The first-order valence-electron chi connectivity index (χ1n) is 6.83. The Labute approximate surface area is 118 Å². The van der Waals surface area contributed by atoms with Crippen molar-refractivity contribution >= 4 is 17.7 Å². The number of rotatable bonds is 7. The van der Waals surface area contributed by atoms with Gasteiger partial charge in [-0.05, 0) is 31.1 Å². The summed E-state index contributed by atoms with van der Waals surface area (Å²) in [6.07, 6.45) is 3.19. The van der Waals surface area contributed by atoms with Crippen LogP contribution in [0.15, 0.2) is 24.3 Å². The highest BCUT2D eigenvalue weighted by Gasteiger charge is 2.32. The van der Waals surface area contributed by atoms with Crippen molar-refractivity contribution in [1.82, 2.24) is 4.90 Å². The van der Waals surface area contributed by atoms with Crippen molar-refractivity contribution in [3.63, 3.8) is 0 Å². The number of thioether (sulfide) groups is 1. The van der Waals surface area contributed by atoms with E-state index in [1.54, 1.807) is 23.9 Å². The van der Waals surface area contributed by atoms with Crippen LogP contribution < -0.4 is 0 Å². The minimum atomic E-state index is -0.220. The molecule has 19 heavy (non-hydrogen) atoms. The molecular formula is C15H20FNOS. The van der Waals surface area contributed by atoms with Crippen LogP contribution in [-0.4, -0.2) is 28.4 Å². The average Bonchev–Trinajstić information content (AvgIpc) is 3.22. The van der Waals surface area contributed by atoms with E-state index in [1.807, 2.05) is 11.0 Å². The van der Waals surface area contributed by atoms with Gasteiger partial charge in [-0.15, -0.1) is 0 Å². The van der Waals surface area contributed by atoms with Gasteiger partial charge in [0.25, 0.3) is 0 Å². The predicted octanol–water partition coefficient (Wildman–Crippen LogP) is 3.46. The third kappa shape index (κ3) is 4.23. The van der Waals surface area contributed by atoms with Crippen molar-refractivity contribution < 1.29 is 9.18 Å². The maximum absolute atomic E-state index is 13.7. The molecule has 0 aromatic heterocycles. The van der Waals surface area contributed by atoms with Crippen molar-refractivity contribution in [2.75, 3.05) is 11.5 Å². The maximum atomic E-state index is 13.7. The summed E-state index contributed by atoms with van der Waals surface area (Å²) in [7, 11) is 0. The molecule has 1 amide bonds. The van der Waals surface area contributed by atoms with Gasteiger partial charge >= 0.3 is 0 Å². The molecule has 0 bridgehead atoms. The topological polar surface area (TPSA) is 20.3 Å². The van der Waals surface area contributed by atoms with Crippen LogP contribution in [0.1, 0.15) is 31.7 Å². The van der Waals surface area contributed by atoms with Crippen LogP contribution in [-0.2, 0) is 11.3 Å². The van der Waals surface area contributed by atoms with Crippen molar-refractivity contribution in [3.8, 4) is 0 Å². The first-order chi connectivity index (χ1) is 9.22. The Morgan fingerprint density at radius 1 is 1.42 bits per heavy atom. The molecule has 4 heteroatoms. The molecule has 1 fully saturated rings. The van der Waals surface area contributed by atoms with Gasteiger partial charge in [0.2, 0.25) is 5.91 Å². The highest BCUT2D eigenvalue weighted by Crippen LogP contribution is 2.29. The molecular weight excluding hydrogens is 261 g/mol. The third-order valence-corrected chi connectivity index (χ3v) is 4.33. The minimum absolute atomic E-state index is 0.143. The van der Waals surface area contributed by atoms with Crippen LogP contribution in [0.4, 0.5) is 4.39 Å². The SMILES string of the molecule is CCCSCC(=O)N(Cc1ccccc1F)C1CC1. The molecule has 104 valence electrons. The van der Waals surface area contributed by atoms with E-state index >= 15 is 0 Å². The van der Waals surface area contributed by atoms with E-state index in [1.165, 1.54) is 6.07 Å². The van der Waals surface area contributed by atoms with Gasteiger partial charge in [-0.3, -0.25) is 4.79 Å². The van der Waals surface area contributed by atoms with Gasteiger partial charge in [0, 0.05) is 18.2 Å². The van der Waals surface area contributed by atoms with E-state index in [4.69, 9.17) is 0 Å². The van der Waals surface area contributed by atoms with Crippen LogP contribution in [0.25, 0.3) is 0 Å². The summed E-state index contributed by atoms with van der Waals surface area (Å²) in [6, 6.07) is 7.04. The molecule has 0 N–H and O–H groups in total. The zero-order chi connectivity index (χ0) is 13.7. The smallest absolute Gasteiger partial charge is 0.233 e. The maximum Gasteiger partial charge on any atom is 0.233 e. The molecule has 0 saturated heterocycles. The molecule has 0 radical (unpaired) electrons. The summed E-state index contributed by atoms with van der Waals surface area (Å²) in [5, 5.41) is 0. The number of nitrogens with zero attached hydrogens (tertiary/aromatic N) is 1. The number of carbonyl (C=O) groups is 1. The van der Waals surface area contributed by atoms with E-state index < -0.39 is 0 Å². The molecule has 1 aromatic rings. The van der Waals surface area contributed by atoms with Crippen molar-refractivity contribution in [2.45, 2.75) is 38.8 Å². The van der Waals surface area contributed by atoms with Gasteiger partial charge in [0.15, 0.2) is 0 Å². The molecule has 1 aliphatic rings. The van der Waals surface area contributed by atoms with Crippen LogP contribution in [0.5, 0.6) is 0 Å². The average molecular weight is 281 g/mol.